The SMILES string of the molecule is C#CCN(CC#C)CCOCCOCCN(CC#C)CC#C. The van der Waals surface area contributed by atoms with Crippen LogP contribution >= 0.6 is 0 Å². The Morgan fingerprint density at radius 1 is 0.545 bits per heavy atom. The molecule has 0 spiro atoms. The molecule has 0 radical (unpaired) electrons. The van der Waals surface area contributed by atoms with Crippen LogP contribution in [-0.2, 0) is 9.47 Å². The van der Waals surface area contributed by atoms with Gasteiger partial charge in [0.05, 0.1) is 52.6 Å². The monoisotopic (exact) mass is 300 g/mol. The van der Waals surface area contributed by atoms with Gasteiger partial charge in [0.1, 0.15) is 0 Å². The molecule has 118 valence electrons. The van der Waals surface area contributed by atoms with Crippen LogP contribution in [-0.4, -0.2) is 75.5 Å². The lowest BCUT2D eigenvalue weighted by Gasteiger charge is -2.17. The van der Waals surface area contributed by atoms with E-state index in [1.807, 2.05) is 9.80 Å². The highest BCUT2D eigenvalue weighted by Gasteiger charge is 2.02. The highest BCUT2D eigenvalue weighted by atomic mass is 16.5. The van der Waals surface area contributed by atoms with Crippen molar-refractivity contribution in [2.75, 3.05) is 65.7 Å². The molecule has 0 atom stereocenters. The van der Waals surface area contributed by atoms with Gasteiger partial charge in [-0.2, -0.15) is 0 Å². The number of hydrogen-bond donors (Lipinski definition) is 0. The van der Waals surface area contributed by atoms with Crippen molar-refractivity contribution in [2.45, 2.75) is 0 Å². The lowest BCUT2D eigenvalue weighted by Crippen LogP contribution is -2.29. The summed E-state index contributed by atoms with van der Waals surface area (Å²) in [7, 11) is 0. The van der Waals surface area contributed by atoms with E-state index in [4.69, 9.17) is 35.2 Å². The maximum Gasteiger partial charge on any atom is 0.0701 e. The number of ether oxygens (including phenoxy) is 2. The van der Waals surface area contributed by atoms with Crippen LogP contribution in [0.4, 0.5) is 0 Å². The molecular formula is C18H24N2O2. The maximum absolute atomic E-state index is 5.48. The predicted molar refractivity (Wildman–Crippen MR) is 89.9 cm³/mol. The smallest absolute Gasteiger partial charge is 0.0701 e. The third kappa shape index (κ3) is 11.9. The summed E-state index contributed by atoms with van der Waals surface area (Å²) in [5.74, 6) is 10.3. The van der Waals surface area contributed by atoms with E-state index < -0.39 is 0 Å². The van der Waals surface area contributed by atoms with Gasteiger partial charge in [0.15, 0.2) is 0 Å². The van der Waals surface area contributed by atoms with Gasteiger partial charge >= 0.3 is 0 Å². The van der Waals surface area contributed by atoms with E-state index >= 15 is 0 Å². The molecule has 0 fully saturated rings. The maximum atomic E-state index is 5.48. The minimum absolute atomic E-state index is 0.532. The number of rotatable bonds is 13. The summed E-state index contributed by atoms with van der Waals surface area (Å²) in [6.07, 6.45) is 21.1. The Kier molecular flexibility index (Phi) is 14.1. The second-order valence-corrected chi connectivity index (χ2v) is 4.46. The first-order chi connectivity index (χ1) is 10.8. The Morgan fingerprint density at radius 2 is 0.864 bits per heavy atom. The Hall–Kier alpha value is -1.92. The van der Waals surface area contributed by atoms with Gasteiger partial charge in [0, 0.05) is 13.1 Å². The fourth-order valence-corrected chi connectivity index (χ4v) is 1.65. The van der Waals surface area contributed by atoms with E-state index in [0.29, 0.717) is 65.7 Å². The minimum atomic E-state index is 0.532. The largest absolute Gasteiger partial charge is 0.378 e. The van der Waals surface area contributed by atoms with Gasteiger partial charge in [0.25, 0.3) is 0 Å². The first-order valence-corrected chi connectivity index (χ1v) is 7.12. The van der Waals surface area contributed by atoms with Crippen LogP contribution in [0.5, 0.6) is 0 Å². The van der Waals surface area contributed by atoms with E-state index in [1.165, 1.54) is 0 Å². The van der Waals surface area contributed by atoms with Crippen LogP contribution in [0.15, 0.2) is 0 Å². The molecular weight excluding hydrogens is 276 g/mol. The molecule has 0 aliphatic carbocycles. The zero-order valence-corrected chi connectivity index (χ0v) is 13.1. The van der Waals surface area contributed by atoms with E-state index in [2.05, 4.69) is 23.7 Å². The van der Waals surface area contributed by atoms with Crippen LogP contribution < -0.4 is 0 Å². The highest BCUT2D eigenvalue weighted by molar-refractivity contribution is 4.95. The van der Waals surface area contributed by atoms with Crippen molar-refractivity contribution < 1.29 is 9.47 Å². The lowest BCUT2D eigenvalue weighted by molar-refractivity contribution is 0.0351. The van der Waals surface area contributed by atoms with Crippen LogP contribution in [0.25, 0.3) is 0 Å². The summed E-state index contributed by atoms with van der Waals surface area (Å²) >= 11 is 0. The molecule has 0 rings (SSSR count). The summed E-state index contributed by atoms with van der Waals surface area (Å²) in [4.78, 5) is 3.94. The van der Waals surface area contributed by atoms with Crippen LogP contribution in [0.2, 0.25) is 0 Å². The number of terminal acetylenes is 4. The van der Waals surface area contributed by atoms with Gasteiger partial charge in [0.2, 0.25) is 0 Å². The van der Waals surface area contributed by atoms with Crippen LogP contribution in [0, 0.1) is 49.4 Å². The van der Waals surface area contributed by atoms with E-state index in [1.54, 1.807) is 0 Å². The Bertz CT molecular complexity index is 360. The molecule has 0 aromatic carbocycles. The third-order valence-corrected chi connectivity index (χ3v) is 2.74. The van der Waals surface area contributed by atoms with Gasteiger partial charge in [-0.15, -0.1) is 25.7 Å². The standard InChI is InChI=1S/C18H24N2O2/c1-5-9-19(10-6-2)13-15-21-17-18-22-16-14-20(11-7-3)12-8-4/h1-4H,9-18H2. The predicted octanol–water partition coefficient (Wildman–Crippen LogP) is 0.156. The van der Waals surface area contributed by atoms with Gasteiger partial charge in [-0.3, -0.25) is 9.80 Å². The molecule has 4 nitrogen and oxygen atoms in total. The van der Waals surface area contributed by atoms with Gasteiger partial charge in [-0.25, -0.2) is 0 Å². The first-order valence-electron chi connectivity index (χ1n) is 7.12. The number of hydrogen-bond acceptors (Lipinski definition) is 4. The van der Waals surface area contributed by atoms with Crippen molar-refractivity contribution in [1.29, 1.82) is 0 Å². The summed E-state index contributed by atoms with van der Waals surface area (Å²) in [5, 5.41) is 0. The second-order valence-electron chi connectivity index (χ2n) is 4.46. The fourth-order valence-electron chi connectivity index (χ4n) is 1.65. The number of nitrogens with zero attached hydrogens (tertiary/aromatic N) is 2. The van der Waals surface area contributed by atoms with Crippen molar-refractivity contribution in [2.24, 2.45) is 0 Å². The van der Waals surface area contributed by atoms with Crippen molar-refractivity contribution in [3.63, 3.8) is 0 Å². The van der Waals surface area contributed by atoms with Crippen molar-refractivity contribution in [3.05, 3.63) is 0 Å². The molecule has 0 N–H and O–H groups in total. The third-order valence-electron chi connectivity index (χ3n) is 2.74. The van der Waals surface area contributed by atoms with E-state index in [-0.39, 0.29) is 0 Å². The second kappa shape index (κ2) is 15.5. The van der Waals surface area contributed by atoms with Gasteiger partial charge < -0.3 is 9.47 Å². The quantitative estimate of drug-likeness (QED) is 0.357. The molecule has 0 aliphatic rings. The van der Waals surface area contributed by atoms with E-state index in [0.717, 1.165) is 0 Å². The highest BCUT2D eigenvalue weighted by Crippen LogP contribution is 1.89. The molecule has 0 aliphatic heterocycles. The van der Waals surface area contributed by atoms with Crippen molar-refractivity contribution in [3.8, 4) is 49.4 Å². The van der Waals surface area contributed by atoms with Crippen LogP contribution in [0.3, 0.4) is 0 Å². The summed E-state index contributed by atoms with van der Waals surface area (Å²) in [6, 6.07) is 0. The topological polar surface area (TPSA) is 24.9 Å². The Balaban J connectivity index is 3.54. The van der Waals surface area contributed by atoms with Crippen molar-refractivity contribution in [1.82, 2.24) is 9.80 Å². The molecule has 0 aromatic heterocycles. The molecule has 0 saturated heterocycles. The van der Waals surface area contributed by atoms with Crippen LogP contribution in [0.1, 0.15) is 0 Å². The van der Waals surface area contributed by atoms with Crippen molar-refractivity contribution >= 4 is 0 Å². The molecule has 0 bridgehead atoms. The minimum Gasteiger partial charge on any atom is -0.378 e. The van der Waals surface area contributed by atoms with Gasteiger partial charge in [-0.05, 0) is 0 Å². The Morgan fingerprint density at radius 3 is 1.14 bits per heavy atom. The summed E-state index contributed by atoms with van der Waals surface area (Å²) in [5.41, 5.74) is 0. The normalized spacial score (nSPS) is 9.91. The molecule has 0 unspecified atom stereocenters. The zero-order chi connectivity index (χ0) is 16.5. The summed E-state index contributed by atoms with van der Waals surface area (Å²) in [6.45, 7) is 5.77. The Labute approximate surface area is 135 Å². The molecule has 4 heteroatoms. The molecule has 0 aromatic rings. The molecule has 22 heavy (non-hydrogen) atoms. The zero-order valence-electron chi connectivity index (χ0n) is 13.1. The first kappa shape index (κ1) is 20.1. The summed E-state index contributed by atoms with van der Waals surface area (Å²) < 4.78 is 11.0. The average molecular weight is 300 g/mol. The fraction of sp³-hybridized carbons (Fsp3) is 0.556. The van der Waals surface area contributed by atoms with Gasteiger partial charge in [-0.1, -0.05) is 23.7 Å². The molecule has 0 amide bonds. The lowest BCUT2D eigenvalue weighted by atomic mass is 10.4. The van der Waals surface area contributed by atoms with E-state index in [9.17, 15) is 0 Å². The molecule has 0 heterocycles. The molecule has 0 saturated carbocycles. The average Bonchev–Trinajstić information content (AvgIpc) is 2.50.